The van der Waals surface area contributed by atoms with Gasteiger partial charge in [-0.25, -0.2) is 8.42 Å². The second-order valence-electron chi connectivity index (χ2n) is 4.69. The summed E-state index contributed by atoms with van der Waals surface area (Å²) in [6, 6.07) is 1.73. The lowest BCUT2D eigenvalue weighted by atomic mass is 10.1. The van der Waals surface area contributed by atoms with Crippen molar-refractivity contribution in [3.63, 3.8) is 0 Å². The minimum atomic E-state index is -4.13. The van der Waals surface area contributed by atoms with E-state index < -0.39 is 28.0 Å². The van der Waals surface area contributed by atoms with E-state index in [0.29, 0.717) is 5.56 Å². The Morgan fingerprint density at radius 3 is 2.30 bits per heavy atom. The first-order valence-corrected chi connectivity index (χ1v) is 8.01. The Kier molecular flexibility index (Phi) is 5.43. The van der Waals surface area contributed by atoms with Gasteiger partial charge in [-0.3, -0.25) is 4.79 Å². The molecule has 1 aromatic carbocycles. The molecule has 112 valence electrons. The number of hydrogen-bond acceptors (Lipinski definition) is 3. The number of nitrogens with one attached hydrogen (secondary N) is 1. The first-order chi connectivity index (χ1) is 9.08. The Morgan fingerprint density at radius 2 is 1.85 bits per heavy atom. The van der Waals surface area contributed by atoms with Crippen LogP contribution in [0.5, 0.6) is 0 Å². The Hall–Kier alpha value is -0.820. The van der Waals surface area contributed by atoms with Crippen LogP contribution < -0.4 is 4.72 Å². The van der Waals surface area contributed by atoms with Gasteiger partial charge in [-0.15, -0.1) is 0 Å². The number of carboxylic acid groups (broad SMARTS) is 1. The highest BCUT2D eigenvalue weighted by Crippen LogP contribution is 2.32. The fourth-order valence-electron chi connectivity index (χ4n) is 1.57. The van der Waals surface area contributed by atoms with Crippen molar-refractivity contribution in [1.29, 1.82) is 0 Å². The van der Waals surface area contributed by atoms with Crippen molar-refractivity contribution in [2.75, 3.05) is 0 Å². The van der Waals surface area contributed by atoms with Crippen LogP contribution in [0.2, 0.25) is 10.0 Å². The van der Waals surface area contributed by atoms with Crippen LogP contribution in [-0.4, -0.2) is 25.5 Å². The van der Waals surface area contributed by atoms with E-state index in [9.17, 15) is 13.2 Å². The summed E-state index contributed by atoms with van der Waals surface area (Å²) in [6.07, 6.45) is 0. The molecular weight excluding hydrogens is 325 g/mol. The predicted octanol–water partition coefficient (Wildman–Crippen LogP) is 2.69. The zero-order valence-corrected chi connectivity index (χ0v) is 13.5. The van der Waals surface area contributed by atoms with E-state index in [1.54, 1.807) is 26.8 Å². The van der Waals surface area contributed by atoms with Gasteiger partial charge in [0.1, 0.15) is 10.9 Å². The summed E-state index contributed by atoms with van der Waals surface area (Å²) >= 11 is 11.9. The van der Waals surface area contributed by atoms with Crippen LogP contribution in [-0.2, 0) is 14.8 Å². The normalized spacial score (nSPS) is 13.5. The molecule has 5 nitrogen and oxygen atoms in total. The predicted molar refractivity (Wildman–Crippen MR) is 77.8 cm³/mol. The largest absolute Gasteiger partial charge is 0.480 e. The second-order valence-corrected chi connectivity index (χ2v) is 7.12. The number of rotatable bonds is 5. The van der Waals surface area contributed by atoms with Crippen LogP contribution in [0.1, 0.15) is 19.4 Å². The molecule has 0 aliphatic carbocycles. The summed E-state index contributed by atoms with van der Waals surface area (Å²) in [5.74, 6) is -1.69. The maximum absolute atomic E-state index is 12.3. The molecule has 0 spiro atoms. The fraction of sp³-hybridized carbons (Fsp3) is 0.417. The van der Waals surface area contributed by atoms with Gasteiger partial charge in [0.05, 0.1) is 10.0 Å². The zero-order valence-electron chi connectivity index (χ0n) is 11.1. The summed E-state index contributed by atoms with van der Waals surface area (Å²) in [5.41, 5.74) is 0.535. The molecule has 1 rings (SSSR count). The third-order valence-corrected chi connectivity index (χ3v) is 5.28. The highest BCUT2D eigenvalue weighted by Gasteiger charge is 2.31. The highest BCUT2D eigenvalue weighted by molar-refractivity contribution is 7.89. The zero-order chi connectivity index (χ0) is 15.7. The summed E-state index contributed by atoms with van der Waals surface area (Å²) in [5, 5.41) is 8.98. The lowest BCUT2D eigenvalue weighted by Gasteiger charge is -2.19. The minimum absolute atomic E-state index is 0.0158. The summed E-state index contributed by atoms with van der Waals surface area (Å²) < 4.78 is 26.7. The van der Waals surface area contributed by atoms with Crippen LogP contribution in [0.3, 0.4) is 0 Å². The lowest BCUT2D eigenvalue weighted by Crippen LogP contribution is -2.44. The van der Waals surface area contributed by atoms with E-state index in [4.69, 9.17) is 28.3 Å². The third-order valence-electron chi connectivity index (χ3n) is 2.73. The van der Waals surface area contributed by atoms with Crippen molar-refractivity contribution < 1.29 is 18.3 Å². The Bertz CT molecular complexity index is 629. The van der Waals surface area contributed by atoms with Crippen LogP contribution in [0.15, 0.2) is 17.0 Å². The maximum atomic E-state index is 12.3. The molecule has 0 unspecified atom stereocenters. The van der Waals surface area contributed by atoms with Crippen molar-refractivity contribution in [3.8, 4) is 0 Å². The van der Waals surface area contributed by atoms with Gasteiger partial charge in [-0.2, -0.15) is 4.72 Å². The molecule has 0 bridgehead atoms. The monoisotopic (exact) mass is 339 g/mol. The van der Waals surface area contributed by atoms with Crippen LogP contribution >= 0.6 is 23.2 Å². The van der Waals surface area contributed by atoms with E-state index in [1.807, 2.05) is 0 Å². The van der Waals surface area contributed by atoms with Crippen LogP contribution in [0, 0.1) is 12.8 Å². The Labute approximate surface area is 127 Å². The number of aryl methyl sites for hydroxylation is 1. The van der Waals surface area contributed by atoms with Gasteiger partial charge in [0, 0.05) is 0 Å². The number of halogens is 2. The smallest absolute Gasteiger partial charge is 0.322 e. The number of carboxylic acids is 1. The molecule has 0 amide bonds. The average molecular weight is 340 g/mol. The van der Waals surface area contributed by atoms with E-state index in [1.165, 1.54) is 6.07 Å². The summed E-state index contributed by atoms with van der Waals surface area (Å²) in [6.45, 7) is 4.83. The van der Waals surface area contributed by atoms with Gasteiger partial charge in [-0.05, 0) is 24.5 Å². The van der Waals surface area contributed by atoms with E-state index >= 15 is 0 Å². The average Bonchev–Trinajstić information content (AvgIpc) is 2.30. The first kappa shape index (κ1) is 17.2. The number of carbonyl (C=O) groups is 1. The van der Waals surface area contributed by atoms with Gasteiger partial charge in [0.2, 0.25) is 10.0 Å². The molecule has 1 aromatic rings. The fourth-order valence-corrected chi connectivity index (χ4v) is 4.10. The van der Waals surface area contributed by atoms with Crippen molar-refractivity contribution in [2.45, 2.75) is 31.7 Å². The second kappa shape index (κ2) is 6.30. The molecule has 8 heteroatoms. The molecule has 0 heterocycles. The number of aliphatic carboxylic acids is 1. The molecule has 0 fully saturated rings. The molecule has 0 aliphatic rings. The molecule has 2 N–H and O–H groups in total. The third kappa shape index (κ3) is 3.63. The van der Waals surface area contributed by atoms with Crippen LogP contribution in [0.4, 0.5) is 0 Å². The number of hydrogen-bond donors (Lipinski definition) is 2. The van der Waals surface area contributed by atoms with Gasteiger partial charge < -0.3 is 5.11 Å². The van der Waals surface area contributed by atoms with E-state index in [-0.39, 0.29) is 14.9 Å². The van der Waals surface area contributed by atoms with E-state index in [0.717, 1.165) is 0 Å². The van der Waals surface area contributed by atoms with Crippen molar-refractivity contribution in [2.24, 2.45) is 5.92 Å². The number of benzene rings is 1. The van der Waals surface area contributed by atoms with Gasteiger partial charge in [-0.1, -0.05) is 43.1 Å². The topological polar surface area (TPSA) is 83.5 Å². The molecule has 20 heavy (non-hydrogen) atoms. The van der Waals surface area contributed by atoms with Gasteiger partial charge in [0.15, 0.2) is 0 Å². The molecule has 0 radical (unpaired) electrons. The number of sulfonamides is 1. The van der Waals surface area contributed by atoms with Crippen molar-refractivity contribution >= 4 is 39.2 Å². The molecule has 0 aromatic heterocycles. The molecule has 0 saturated carbocycles. The SMILES string of the molecule is Cc1ccc(Cl)c(S(=O)(=O)N[C@@H](C(=O)O)C(C)C)c1Cl. The summed E-state index contributed by atoms with van der Waals surface area (Å²) in [4.78, 5) is 10.8. The standard InChI is InChI=1S/C12H15Cl2NO4S/c1-6(2)10(12(16)17)15-20(18,19)11-8(13)5-4-7(3)9(11)14/h4-6,10,15H,1-3H3,(H,16,17)/t10-/m1/s1. The Balaban J connectivity index is 3.31. The maximum Gasteiger partial charge on any atom is 0.322 e. The highest BCUT2D eigenvalue weighted by atomic mass is 35.5. The molecular formula is C12H15Cl2NO4S. The molecule has 1 atom stereocenters. The van der Waals surface area contributed by atoms with Gasteiger partial charge >= 0.3 is 5.97 Å². The van der Waals surface area contributed by atoms with Crippen molar-refractivity contribution in [1.82, 2.24) is 4.72 Å². The first-order valence-electron chi connectivity index (χ1n) is 5.77. The minimum Gasteiger partial charge on any atom is -0.480 e. The molecule has 0 saturated heterocycles. The summed E-state index contributed by atoms with van der Waals surface area (Å²) in [7, 11) is -4.13. The quantitative estimate of drug-likeness (QED) is 0.863. The van der Waals surface area contributed by atoms with Crippen LogP contribution in [0.25, 0.3) is 0 Å². The Morgan fingerprint density at radius 1 is 1.30 bits per heavy atom. The molecule has 0 aliphatic heterocycles. The van der Waals surface area contributed by atoms with Gasteiger partial charge in [0.25, 0.3) is 0 Å². The van der Waals surface area contributed by atoms with E-state index in [2.05, 4.69) is 4.72 Å². The lowest BCUT2D eigenvalue weighted by molar-refractivity contribution is -0.140. The van der Waals surface area contributed by atoms with Crippen molar-refractivity contribution in [3.05, 3.63) is 27.7 Å².